The van der Waals surface area contributed by atoms with Gasteiger partial charge in [-0.15, -0.1) is 0 Å². The molecule has 6 heterocycles. The predicted octanol–water partition coefficient (Wildman–Crippen LogP) is 8.83. The van der Waals surface area contributed by atoms with E-state index < -0.39 is 0 Å². The average molecular weight is 678 g/mol. The molecule has 52 heavy (non-hydrogen) atoms. The van der Waals surface area contributed by atoms with E-state index in [0.717, 1.165) is 56.0 Å². The maximum absolute atomic E-state index is 13.5. The molecule has 0 atom stereocenters. The summed E-state index contributed by atoms with van der Waals surface area (Å²) in [6, 6.07) is 29.3. The second-order valence-corrected chi connectivity index (χ2v) is 11.8. The van der Waals surface area contributed by atoms with Gasteiger partial charge in [0.2, 0.25) is 0 Å². The molecule has 2 N–H and O–H groups in total. The fraction of sp³-hybridized carbons (Fsp3) is 0. The van der Waals surface area contributed by atoms with Crippen LogP contribution in [0.5, 0.6) is 0 Å². The Bertz CT molecular complexity index is 2440. The number of nitrogens with zero attached hydrogens (tertiary/aromatic N) is 7. The summed E-state index contributed by atoms with van der Waals surface area (Å²) in [6.45, 7) is 0. The van der Waals surface area contributed by atoms with Crippen molar-refractivity contribution in [2.24, 2.45) is 5.10 Å². The SMILES string of the molecule is N=C1C(c2ccc(-c3ccc(-c4ccncc4)cn3)nc2)=CC(c2ccc(-c3ccc(-c4ccncc4)cn3)nc2)=C/C1=N/Nc1ccc(F)cc1. The molecule has 6 aromatic heterocycles. The topological polar surface area (TPSA) is 126 Å². The van der Waals surface area contributed by atoms with Crippen molar-refractivity contribution in [3.63, 3.8) is 0 Å². The van der Waals surface area contributed by atoms with Crippen LogP contribution in [0.4, 0.5) is 10.1 Å². The van der Waals surface area contributed by atoms with E-state index in [9.17, 15) is 4.39 Å². The van der Waals surface area contributed by atoms with Crippen LogP contribution in [0, 0.1) is 11.2 Å². The molecule has 0 amide bonds. The molecule has 8 rings (SSSR count). The highest BCUT2D eigenvalue weighted by Gasteiger charge is 2.21. The molecule has 0 unspecified atom stereocenters. The molecule has 248 valence electrons. The van der Waals surface area contributed by atoms with Gasteiger partial charge in [-0.25, -0.2) is 4.39 Å². The highest BCUT2D eigenvalue weighted by atomic mass is 19.1. The number of hydrazone groups is 1. The summed E-state index contributed by atoms with van der Waals surface area (Å²) in [7, 11) is 0. The summed E-state index contributed by atoms with van der Waals surface area (Å²) in [4.78, 5) is 26.9. The molecule has 0 saturated heterocycles. The second-order valence-electron chi connectivity index (χ2n) is 11.8. The summed E-state index contributed by atoms with van der Waals surface area (Å²) in [5.74, 6) is -0.345. The Morgan fingerprint density at radius 3 is 1.40 bits per heavy atom. The average Bonchev–Trinajstić information content (AvgIpc) is 3.22. The normalized spacial score (nSPS) is 13.4. The minimum Gasteiger partial charge on any atom is -0.298 e. The molecule has 0 fully saturated rings. The molecule has 0 radical (unpaired) electrons. The lowest BCUT2D eigenvalue weighted by Gasteiger charge is -2.18. The summed E-state index contributed by atoms with van der Waals surface area (Å²) in [5, 5.41) is 13.7. The summed E-state index contributed by atoms with van der Waals surface area (Å²) >= 11 is 0. The number of allylic oxidation sites excluding steroid dienone is 4. The number of aromatic nitrogens is 6. The molecular weight excluding hydrogens is 650 g/mol. The first kappa shape index (κ1) is 31.9. The lowest BCUT2D eigenvalue weighted by atomic mass is 9.89. The minimum absolute atomic E-state index is 0.204. The smallest absolute Gasteiger partial charge is 0.123 e. The van der Waals surface area contributed by atoms with Gasteiger partial charge in [0.05, 0.1) is 34.2 Å². The molecule has 0 aliphatic heterocycles. The van der Waals surface area contributed by atoms with E-state index >= 15 is 0 Å². The van der Waals surface area contributed by atoms with Crippen LogP contribution in [-0.2, 0) is 0 Å². The minimum atomic E-state index is -0.345. The maximum atomic E-state index is 13.5. The Morgan fingerprint density at radius 2 is 0.942 bits per heavy atom. The lowest BCUT2D eigenvalue weighted by molar-refractivity contribution is 0.628. The zero-order valence-corrected chi connectivity index (χ0v) is 27.5. The number of hydrogen-bond donors (Lipinski definition) is 2. The van der Waals surface area contributed by atoms with Gasteiger partial charge >= 0.3 is 0 Å². The number of nitrogens with one attached hydrogen (secondary N) is 2. The van der Waals surface area contributed by atoms with Gasteiger partial charge in [-0.3, -0.25) is 40.7 Å². The quantitative estimate of drug-likeness (QED) is 0.122. The van der Waals surface area contributed by atoms with Gasteiger partial charge in [-0.2, -0.15) is 5.10 Å². The standard InChI is InChI=1S/C42H28FN9/c43-34-5-7-35(8-6-34)51-52-41-22-33(31-3-11-39(49-25-31)37-9-1-29(23-47-37)27-13-17-45-18-14-27)21-36(42(41)44)32-4-12-40(50-26-32)38-10-2-30(24-48-38)28-15-19-46-20-16-28/h1-26,44,51H/b44-42?,52-41-. The van der Waals surface area contributed by atoms with Crippen molar-refractivity contribution in [3.05, 3.63) is 176 Å². The Labute approximate surface area is 298 Å². The molecule has 1 aliphatic rings. The zero-order chi connectivity index (χ0) is 35.3. The van der Waals surface area contributed by atoms with Crippen molar-refractivity contribution in [2.45, 2.75) is 0 Å². The highest BCUT2D eigenvalue weighted by Crippen LogP contribution is 2.30. The van der Waals surface area contributed by atoms with Gasteiger partial charge in [0.15, 0.2) is 0 Å². The molecular formula is C42H28FN9. The first-order valence-corrected chi connectivity index (χ1v) is 16.4. The van der Waals surface area contributed by atoms with E-state index in [1.54, 1.807) is 49.3 Å². The first-order valence-electron chi connectivity index (χ1n) is 16.4. The van der Waals surface area contributed by atoms with Gasteiger partial charge in [0, 0.05) is 77.4 Å². The van der Waals surface area contributed by atoms with Gasteiger partial charge in [-0.05, 0) is 102 Å². The van der Waals surface area contributed by atoms with Gasteiger partial charge < -0.3 is 0 Å². The number of rotatable bonds is 8. The van der Waals surface area contributed by atoms with Crippen LogP contribution in [-0.4, -0.2) is 41.3 Å². The van der Waals surface area contributed by atoms with Crippen LogP contribution >= 0.6 is 0 Å². The molecule has 0 saturated carbocycles. The van der Waals surface area contributed by atoms with E-state index in [0.29, 0.717) is 22.7 Å². The van der Waals surface area contributed by atoms with Crippen molar-refractivity contribution < 1.29 is 4.39 Å². The second kappa shape index (κ2) is 14.3. The van der Waals surface area contributed by atoms with E-state index in [2.05, 4.69) is 30.5 Å². The van der Waals surface area contributed by atoms with Crippen LogP contribution in [0.3, 0.4) is 0 Å². The number of hydrogen-bond acceptors (Lipinski definition) is 9. The zero-order valence-electron chi connectivity index (χ0n) is 27.5. The summed E-state index contributed by atoms with van der Waals surface area (Å²) < 4.78 is 13.5. The van der Waals surface area contributed by atoms with Gasteiger partial charge in [0.1, 0.15) is 11.5 Å². The molecule has 7 aromatic rings. The Kier molecular flexibility index (Phi) is 8.75. The van der Waals surface area contributed by atoms with Crippen LogP contribution in [0.2, 0.25) is 0 Å². The Morgan fingerprint density at radius 1 is 0.481 bits per heavy atom. The summed E-state index contributed by atoms with van der Waals surface area (Å²) in [6.07, 6.45) is 18.0. The van der Waals surface area contributed by atoms with Crippen molar-refractivity contribution in [1.82, 2.24) is 29.9 Å². The van der Waals surface area contributed by atoms with E-state index in [1.807, 2.05) is 97.3 Å². The monoisotopic (exact) mass is 677 g/mol. The van der Waals surface area contributed by atoms with Crippen LogP contribution in [0.15, 0.2) is 164 Å². The molecule has 0 spiro atoms. The fourth-order valence-corrected chi connectivity index (χ4v) is 5.70. The maximum Gasteiger partial charge on any atom is 0.123 e. The largest absolute Gasteiger partial charge is 0.298 e. The van der Waals surface area contributed by atoms with E-state index in [-0.39, 0.29) is 11.5 Å². The van der Waals surface area contributed by atoms with Crippen LogP contribution in [0.25, 0.3) is 56.2 Å². The highest BCUT2D eigenvalue weighted by molar-refractivity contribution is 6.62. The molecule has 1 aliphatic carbocycles. The molecule has 0 bridgehead atoms. The molecule has 9 nitrogen and oxygen atoms in total. The summed E-state index contributed by atoms with van der Waals surface area (Å²) in [5.41, 5.74) is 14.1. The number of halogens is 1. The number of benzene rings is 1. The number of anilines is 1. The van der Waals surface area contributed by atoms with E-state index in [4.69, 9.17) is 15.4 Å². The van der Waals surface area contributed by atoms with Crippen LogP contribution < -0.4 is 5.43 Å². The predicted molar refractivity (Wildman–Crippen MR) is 203 cm³/mol. The third kappa shape index (κ3) is 6.89. The molecule has 10 heteroatoms. The molecule has 1 aromatic carbocycles. The first-order chi connectivity index (χ1) is 25.6. The lowest BCUT2D eigenvalue weighted by Crippen LogP contribution is -2.18. The third-order valence-corrected chi connectivity index (χ3v) is 8.52. The van der Waals surface area contributed by atoms with Crippen LogP contribution in [0.1, 0.15) is 11.1 Å². The van der Waals surface area contributed by atoms with Crippen molar-refractivity contribution in [2.75, 3.05) is 5.43 Å². The Balaban J connectivity index is 1.08. The van der Waals surface area contributed by atoms with Gasteiger partial charge in [0.25, 0.3) is 0 Å². The van der Waals surface area contributed by atoms with Crippen molar-refractivity contribution >= 4 is 28.3 Å². The fourth-order valence-electron chi connectivity index (χ4n) is 5.70. The van der Waals surface area contributed by atoms with E-state index in [1.165, 1.54) is 12.1 Å². The van der Waals surface area contributed by atoms with Gasteiger partial charge in [-0.1, -0.05) is 24.3 Å². The third-order valence-electron chi connectivity index (χ3n) is 8.52. The van der Waals surface area contributed by atoms with Crippen molar-refractivity contribution in [1.29, 1.82) is 5.41 Å². The Hall–Kier alpha value is -7.33. The number of pyridine rings is 6. The van der Waals surface area contributed by atoms with Crippen molar-refractivity contribution in [3.8, 4) is 45.0 Å².